The van der Waals surface area contributed by atoms with Crippen molar-refractivity contribution in [3.05, 3.63) is 10.9 Å². The first-order chi connectivity index (χ1) is 6.77. The molecule has 0 aromatic heterocycles. The fourth-order valence-electron chi connectivity index (χ4n) is 0.824. The van der Waals surface area contributed by atoms with Crippen LogP contribution in [0.4, 0.5) is 0 Å². The Balaban J connectivity index is 5.25. The first-order valence-electron chi connectivity index (χ1n) is 4.71. The molecule has 0 heterocycles. The van der Waals surface area contributed by atoms with Crippen LogP contribution in [0.1, 0.15) is 13.8 Å². The van der Waals surface area contributed by atoms with Crippen molar-refractivity contribution in [1.29, 1.82) is 0 Å². The number of hydrogen-bond acceptors (Lipinski definition) is 2. The highest BCUT2D eigenvalue weighted by Crippen LogP contribution is 2.18. The molecule has 0 amide bonds. The van der Waals surface area contributed by atoms with Gasteiger partial charge in [0.25, 0.3) is 0 Å². The summed E-state index contributed by atoms with van der Waals surface area (Å²) in [6.45, 7) is 3.86. The van der Waals surface area contributed by atoms with E-state index in [1.807, 2.05) is 42.0 Å². The van der Waals surface area contributed by atoms with Crippen LogP contribution in [0, 0.1) is 0 Å². The molecule has 0 rings (SSSR count). The molecule has 0 saturated carbocycles. The fourth-order valence-corrected chi connectivity index (χ4v) is 1.14. The fraction of sp³-hybridized carbons (Fsp3) is 0.700. The Morgan fingerprint density at radius 1 is 1.20 bits per heavy atom. The van der Waals surface area contributed by atoms with Crippen molar-refractivity contribution in [2.75, 3.05) is 28.2 Å². The molecule has 0 bridgehead atoms. The minimum Gasteiger partial charge on any atom is -0.481 e. The molecule has 0 fully saturated rings. The maximum atomic E-state index is 6.11. The van der Waals surface area contributed by atoms with Gasteiger partial charge in [-0.05, 0) is 25.4 Å². The smallest absolute Gasteiger partial charge is 0.315 e. The van der Waals surface area contributed by atoms with E-state index in [2.05, 4.69) is 0 Å². The minimum absolute atomic E-state index is 0.0300. The predicted molar refractivity (Wildman–Crippen MR) is 65.8 cm³/mol. The predicted octanol–water partition coefficient (Wildman–Crippen LogP) is 2.29. The maximum Gasteiger partial charge on any atom is 0.315 e. The van der Waals surface area contributed by atoms with E-state index in [0.717, 1.165) is 0 Å². The van der Waals surface area contributed by atoms with Crippen molar-refractivity contribution in [2.24, 2.45) is 0 Å². The minimum atomic E-state index is 0.0300. The second kappa shape index (κ2) is 6.23. The zero-order valence-corrected chi connectivity index (χ0v) is 11.6. The van der Waals surface area contributed by atoms with Gasteiger partial charge in [0.05, 0.1) is 6.10 Å². The van der Waals surface area contributed by atoms with E-state index >= 15 is 0 Å². The highest BCUT2D eigenvalue weighted by Gasteiger charge is 2.21. The highest BCUT2D eigenvalue weighted by molar-refractivity contribution is 6.68. The van der Waals surface area contributed by atoms with Crippen molar-refractivity contribution in [3.8, 4) is 0 Å². The third-order valence-corrected chi connectivity index (χ3v) is 2.53. The lowest BCUT2D eigenvalue weighted by Gasteiger charge is -2.17. The third kappa shape index (κ3) is 4.76. The quantitative estimate of drug-likeness (QED) is 0.331. The average Bonchev–Trinajstić information content (AvgIpc) is 2.11. The van der Waals surface area contributed by atoms with Gasteiger partial charge in [-0.3, -0.25) is 0 Å². The Bertz CT molecular complexity index is 279. The lowest BCUT2D eigenvalue weighted by atomic mass is 10.4. The van der Waals surface area contributed by atoms with Crippen molar-refractivity contribution < 1.29 is 9.31 Å². The van der Waals surface area contributed by atoms with E-state index in [4.69, 9.17) is 27.9 Å². The molecule has 0 spiro atoms. The molecule has 5 heteroatoms. The number of hydrogen-bond donors (Lipinski definition) is 0. The lowest BCUT2D eigenvalue weighted by molar-refractivity contribution is -0.462. The SMILES string of the molecule is CC(C)O/C(C(Cl)=[N+](C)C)=C(/Cl)N(C)C. The summed E-state index contributed by atoms with van der Waals surface area (Å²) in [7, 11) is 7.36. The van der Waals surface area contributed by atoms with Crippen LogP contribution < -0.4 is 0 Å². The van der Waals surface area contributed by atoms with Gasteiger partial charge in [0.1, 0.15) is 14.1 Å². The van der Waals surface area contributed by atoms with E-state index in [0.29, 0.717) is 16.1 Å². The topological polar surface area (TPSA) is 15.5 Å². The Kier molecular flexibility index (Phi) is 6.06. The summed E-state index contributed by atoms with van der Waals surface area (Å²) in [6.07, 6.45) is 0.0300. The van der Waals surface area contributed by atoms with Gasteiger partial charge in [-0.15, -0.1) is 0 Å². The van der Waals surface area contributed by atoms with E-state index < -0.39 is 0 Å². The standard InChI is InChI=1S/C10H19Cl2N2O/c1-7(2)15-8(9(11)13(3)4)10(12)14(5)6/h7H,1-6H3/q+1. The third-order valence-electron chi connectivity index (χ3n) is 1.51. The van der Waals surface area contributed by atoms with Gasteiger partial charge in [-0.1, -0.05) is 11.6 Å². The second-order valence-corrected chi connectivity index (χ2v) is 4.58. The highest BCUT2D eigenvalue weighted by atomic mass is 35.5. The molecular weight excluding hydrogens is 235 g/mol. The van der Waals surface area contributed by atoms with Crippen LogP contribution in [0.25, 0.3) is 0 Å². The summed E-state index contributed by atoms with van der Waals surface area (Å²) < 4.78 is 7.35. The lowest BCUT2D eigenvalue weighted by Crippen LogP contribution is -2.20. The second-order valence-electron chi connectivity index (χ2n) is 3.87. The maximum absolute atomic E-state index is 6.11. The van der Waals surface area contributed by atoms with E-state index in [1.165, 1.54) is 0 Å². The van der Waals surface area contributed by atoms with Gasteiger partial charge in [0.15, 0.2) is 5.16 Å². The van der Waals surface area contributed by atoms with Crippen LogP contribution in [0.5, 0.6) is 0 Å². The number of allylic oxidation sites excluding steroid dienone is 1. The summed E-state index contributed by atoms with van der Waals surface area (Å²) >= 11 is 12.2. The molecule has 0 aliphatic heterocycles. The van der Waals surface area contributed by atoms with Crippen LogP contribution in [-0.2, 0) is 4.74 Å². The summed E-state index contributed by atoms with van der Waals surface area (Å²) in [5.41, 5.74) is 0. The van der Waals surface area contributed by atoms with E-state index in [9.17, 15) is 0 Å². The number of ether oxygens (including phenoxy) is 1. The van der Waals surface area contributed by atoms with Crippen molar-refractivity contribution in [2.45, 2.75) is 20.0 Å². The molecular formula is C10H19Cl2N2O+. The number of halogens is 2. The molecule has 0 N–H and O–H groups in total. The summed E-state index contributed by atoms with van der Waals surface area (Å²) in [5, 5.41) is 0.977. The monoisotopic (exact) mass is 253 g/mol. The van der Waals surface area contributed by atoms with Crippen LogP contribution in [0.15, 0.2) is 10.9 Å². The average molecular weight is 254 g/mol. The van der Waals surface area contributed by atoms with Gasteiger partial charge in [-0.25, -0.2) is 4.58 Å². The van der Waals surface area contributed by atoms with Gasteiger partial charge < -0.3 is 9.64 Å². The van der Waals surface area contributed by atoms with Crippen LogP contribution in [0.3, 0.4) is 0 Å². The van der Waals surface area contributed by atoms with Gasteiger partial charge >= 0.3 is 5.17 Å². The van der Waals surface area contributed by atoms with Crippen molar-refractivity contribution in [1.82, 2.24) is 4.90 Å². The van der Waals surface area contributed by atoms with Gasteiger partial charge in [-0.2, -0.15) is 0 Å². The van der Waals surface area contributed by atoms with Gasteiger partial charge in [0.2, 0.25) is 5.76 Å². The van der Waals surface area contributed by atoms with Crippen molar-refractivity contribution in [3.63, 3.8) is 0 Å². The molecule has 0 radical (unpaired) electrons. The molecule has 15 heavy (non-hydrogen) atoms. The largest absolute Gasteiger partial charge is 0.481 e. The Hall–Kier alpha value is -0.410. The molecule has 0 aliphatic rings. The van der Waals surface area contributed by atoms with Gasteiger partial charge in [0, 0.05) is 14.1 Å². The van der Waals surface area contributed by atoms with Crippen molar-refractivity contribution >= 4 is 28.4 Å². The first kappa shape index (κ1) is 14.6. The molecule has 88 valence electrons. The first-order valence-corrected chi connectivity index (χ1v) is 5.46. The molecule has 3 nitrogen and oxygen atoms in total. The zero-order chi connectivity index (χ0) is 12.2. The molecule has 0 aliphatic carbocycles. The van der Waals surface area contributed by atoms with Crippen LogP contribution in [0.2, 0.25) is 0 Å². The molecule has 0 unspecified atom stereocenters. The molecule has 0 atom stereocenters. The van der Waals surface area contributed by atoms with Crippen LogP contribution in [-0.4, -0.2) is 48.9 Å². The Labute approximate surface area is 102 Å². The van der Waals surface area contributed by atoms with E-state index in [-0.39, 0.29) is 6.10 Å². The normalized spacial score (nSPS) is 12.3. The summed E-state index contributed by atoms with van der Waals surface area (Å²) in [6, 6.07) is 0. The molecule has 0 aromatic rings. The Morgan fingerprint density at radius 2 is 1.67 bits per heavy atom. The summed E-state index contributed by atoms with van der Waals surface area (Å²) in [5.74, 6) is 0.503. The zero-order valence-electron chi connectivity index (χ0n) is 10.1. The van der Waals surface area contributed by atoms with E-state index in [1.54, 1.807) is 9.48 Å². The Morgan fingerprint density at radius 3 is 1.93 bits per heavy atom. The molecule has 0 saturated heterocycles. The van der Waals surface area contributed by atoms with Crippen LogP contribution >= 0.6 is 23.2 Å². The summed E-state index contributed by atoms with van der Waals surface area (Å²) in [4.78, 5) is 1.76. The molecule has 0 aromatic carbocycles. The number of nitrogens with zero attached hydrogens (tertiary/aromatic N) is 2. The number of rotatable bonds is 4.